The Balaban J connectivity index is 1.51. The second-order valence-electron chi connectivity index (χ2n) is 7.68. The molecular weight excluding hydrogens is 419 g/mol. The van der Waals surface area contributed by atoms with Gasteiger partial charge in [0.05, 0.1) is 18.8 Å². The molecule has 3 heterocycles. The summed E-state index contributed by atoms with van der Waals surface area (Å²) in [6.45, 7) is 5.81. The van der Waals surface area contributed by atoms with E-state index in [0.717, 1.165) is 36.0 Å². The minimum atomic E-state index is -0.552. The van der Waals surface area contributed by atoms with Crippen LogP contribution in [-0.4, -0.2) is 60.8 Å². The zero-order valence-corrected chi connectivity index (χ0v) is 18.4. The fraction of sp³-hybridized carbons (Fsp3) is 0.409. The number of anilines is 2. The molecule has 2 saturated heterocycles. The molecule has 1 N–H and O–H groups in total. The summed E-state index contributed by atoms with van der Waals surface area (Å²) in [6, 6.07) is 6.65. The van der Waals surface area contributed by atoms with Crippen molar-refractivity contribution in [2.45, 2.75) is 20.0 Å². The summed E-state index contributed by atoms with van der Waals surface area (Å²) >= 11 is 1.94. The second kappa shape index (κ2) is 9.13. The first-order chi connectivity index (χ1) is 14.9. The lowest BCUT2D eigenvalue weighted by molar-refractivity contribution is -0.119. The molecule has 0 aliphatic carbocycles. The molecule has 31 heavy (non-hydrogen) atoms. The van der Waals surface area contributed by atoms with Gasteiger partial charge in [0, 0.05) is 48.8 Å². The van der Waals surface area contributed by atoms with Gasteiger partial charge in [-0.25, -0.2) is 14.2 Å². The average Bonchev–Trinajstić information content (AvgIpc) is 3.13. The second-order valence-corrected chi connectivity index (χ2v) is 8.91. The van der Waals surface area contributed by atoms with E-state index in [-0.39, 0.29) is 19.0 Å². The van der Waals surface area contributed by atoms with Crippen LogP contribution < -0.4 is 15.1 Å². The highest BCUT2D eigenvalue weighted by atomic mass is 32.2. The largest absolute Gasteiger partial charge is 0.442 e. The van der Waals surface area contributed by atoms with Crippen molar-refractivity contribution in [1.29, 1.82) is 0 Å². The molecule has 7 nitrogen and oxygen atoms in total. The Morgan fingerprint density at radius 1 is 1.32 bits per heavy atom. The lowest BCUT2D eigenvalue weighted by atomic mass is 10.0. The van der Waals surface area contributed by atoms with Crippen molar-refractivity contribution < 1.29 is 18.7 Å². The number of rotatable bonds is 5. The molecule has 1 atom stereocenters. The normalized spacial score (nSPS) is 18.8. The molecule has 2 aliphatic rings. The van der Waals surface area contributed by atoms with Crippen LogP contribution in [0.2, 0.25) is 0 Å². The third-order valence-corrected chi connectivity index (χ3v) is 6.33. The summed E-state index contributed by atoms with van der Waals surface area (Å²) < 4.78 is 20.2. The average molecular weight is 445 g/mol. The third-order valence-electron chi connectivity index (χ3n) is 5.39. The summed E-state index contributed by atoms with van der Waals surface area (Å²) in [5.74, 6) is 2.50. The molecule has 1 aromatic heterocycles. The lowest BCUT2D eigenvalue weighted by Gasteiger charge is -2.28. The standard InChI is InChI=1S/C22H25FN4O3S/c1-14-9-16(11-25-21(14)26-5-7-31-8-6-26)19-4-3-17(10-20(19)23)27-13-18(30-22(27)29)12-24-15(2)28/h3-4,9-11,18H,5-8,12-13H2,1-2H3,(H,24,28)/t18-/m0/s1. The number of carbonyl (C=O) groups excluding carboxylic acids is 2. The SMILES string of the molecule is CC(=O)NC[C@H]1CN(c2ccc(-c3cnc(N4CCSCC4)c(C)c3)c(F)c2)C(=O)O1. The minimum absolute atomic E-state index is 0.195. The molecule has 0 spiro atoms. The molecule has 0 saturated carbocycles. The van der Waals surface area contributed by atoms with Crippen LogP contribution in [0.15, 0.2) is 30.5 Å². The molecule has 0 bridgehead atoms. The van der Waals surface area contributed by atoms with Crippen LogP contribution in [0.5, 0.6) is 0 Å². The van der Waals surface area contributed by atoms with E-state index in [2.05, 4.69) is 15.2 Å². The van der Waals surface area contributed by atoms with E-state index in [1.807, 2.05) is 24.8 Å². The maximum Gasteiger partial charge on any atom is 0.414 e. The molecule has 2 aromatic rings. The van der Waals surface area contributed by atoms with Crippen molar-refractivity contribution in [3.05, 3.63) is 41.8 Å². The summed E-state index contributed by atoms with van der Waals surface area (Å²) in [4.78, 5) is 31.5. The lowest BCUT2D eigenvalue weighted by Crippen LogP contribution is -2.33. The van der Waals surface area contributed by atoms with E-state index in [1.165, 1.54) is 17.9 Å². The Morgan fingerprint density at radius 2 is 2.10 bits per heavy atom. The van der Waals surface area contributed by atoms with E-state index in [4.69, 9.17) is 4.74 Å². The van der Waals surface area contributed by atoms with Crippen molar-refractivity contribution in [2.24, 2.45) is 0 Å². The number of ether oxygens (including phenoxy) is 1. The number of thioether (sulfide) groups is 1. The molecule has 0 radical (unpaired) electrons. The number of cyclic esters (lactones) is 1. The van der Waals surface area contributed by atoms with Crippen LogP contribution in [0.25, 0.3) is 11.1 Å². The maximum atomic E-state index is 15.0. The molecule has 2 aliphatic heterocycles. The fourth-order valence-corrected chi connectivity index (χ4v) is 4.73. The van der Waals surface area contributed by atoms with Crippen LogP contribution in [0, 0.1) is 12.7 Å². The van der Waals surface area contributed by atoms with Crippen LogP contribution in [0.1, 0.15) is 12.5 Å². The topological polar surface area (TPSA) is 74.8 Å². The number of hydrogen-bond acceptors (Lipinski definition) is 6. The van der Waals surface area contributed by atoms with Gasteiger partial charge in [0.2, 0.25) is 5.91 Å². The van der Waals surface area contributed by atoms with Crippen molar-refractivity contribution >= 4 is 35.3 Å². The quantitative estimate of drug-likeness (QED) is 0.763. The van der Waals surface area contributed by atoms with Gasteiger partial charge >= 0.3 is 6.09 Å². The Labute approximate surface area is 185 Å². The highest BCUT2D eigenvalue weighted by Crippen LogP contribution is 2.31. The van der Waals surface area contributed by atoms with E-state index in [9.17, 15) is 14.0 Å². The van der Waals surface area contributed by atoms with Gasteiger partial charge < -0.3 is 15.0 Å². The fourth-order valence-electron chi connectivity index (χ4n) is 3.82. The first kappa shape index (κ1) is 21.4. The van der Waals surface area contributed by atoms with E-state index >= 15 is 0 Å². The minimum Gasteiger partial charge on any atom is -0.442 e. The number of nitrogens with zero attached hydrogens (tertiary/aromatic N) is 3. The number of hydrogen-bond donors (Lipinski definition) is 1. The van der Waals surface area contributed by atoms with E-state index in [0.29, 0.717) is 16.8 Å². The molecule has 0 unspecified atom stereocenters. The van der Waals surface area contributed by atoms with E-state index in [1.54, 1.807) is 18.3 Å². The Hall–Kier alpha value is -2.81. The predicted molar refractivity (Wildman–Crippen MR) is 120 cm³/mol. The molecule has 164 valence electrons. The molecule has 4 rings (SSSR count). The first-order valence-corrected chi connectivity index (χ1v) is 11.4. The van der Waals surface area contributed by atoms with Gasteiger partial charge in [-0.1, -0.05) is 0 Å². The summed E-state index contributed by atoms with van der Waals surface area (Å²) in [5, 5.41) is 2.63. The number of amides is 2. The van der Waals surface area contributed by atoms with Crippen LogP contribution in [0.4, 0.5) is 20.7 Å². The van der Waals surface area contributed by atoms with Crippen molar-refractivity contribution in [2.75, 3.05) is 47.5 Å². The highest BCUT2D eigenvalue weighted by Gasteiger charge is 2.32. The monoisotopic (exact) mass is 444 g/mol. The van der Waals surface area contributed by atoms with Gasteiger partial charge in [-0.2, -0.15) is 11.8 Å². The first-order valence-electron chi connectivity index (χ1n) is 10.2. The number of aromatic nitrogens is 1. The zero-order valence-electron chi connectivity index (χ0n) is 17.6. The summed E-state index contributed by atoms with van der Waals surface area (Å²) in [5.41, 5.74) is 2.56. The number of pyridine rings is 1. The van der Waals surface area contributed by atoms with Gasteiger partial charge in [0.1, 0.15) is 17.7 Å². The molecule has 2 fully saturated rings. The van der Waals surface area contributed by atoms with Gasteiger partial charge in [-0.05, 0) is 36.8 Å². The van der Waals surface area contributed by atoms with Crippen LogP contribution in [-0.2, 0) is 9.53 Å². The molecular formula is C22H25FN4O3S. The number of benzene rings is 1. The number of carbonyl (C=O) groups is 2. The number of nitrogens with one attached hydrogen (secondary N) is 1. The van der Waals surface area contributed by atoms with Crippen molar-refractivity contribution in [1.82, 2.24) is 10.3 Å². The highest BCUT2D eigenvalue weighted by molar-refractivity contribution is 7.99. The van der Waals surface area contributed by atoms with Gasteiger partial charge in [-0.3, -0.25) is 9.69 Å². The maximum absolute atomic E-state index is 15.0. The van der Waals surface area contributed by atoms with Crippen molar-refractivity contribution in [3.8, 4) is 11.1 Å². The van der Waals surface area contributed by atoms with Crippen molar-refractivity contribution in [3.63, 3.8) is 0 Å². The number of halogens is 1. The van der Waals surface area contributed by atoms with Gasteiger partial charge in [0.15, 0.2) is 0 Å². The Morgan fingerprint density at radius 3 is 2.77 bits per heavy atom. The summed E-state index contributed by atoms with van der Waals surface area (Å²) in [7, 11) is 0. The molecule has 1 aromatic carbocycles. The zero-order chi connectivity index (χ0) is 22.0. The molecule has 9 heteroatoms. The molecule has 2 amide bonds. The number of aryl methyl sites for hydroxylation is 1. The van der Waals surface area contributed by atoms with Gasteiger partial charge in [-0.15, -0.1) is 0 Å². The smallest absolute Gasteiger partial charge is 0.414 e. The predicted octanol–water partition coefficient (Wildman–Crippen LogP) is 3.21. The van der Waals surface area contributed by atoms with Gasteiger partial charge in [0.25, 0.3) is 0 Å². The van der Waals surface area contributed by atoms with E-state index < -0.39 is 18.0 Å². The van der Waals surface area contributed by atoms with Crippen LogP contribution >= 0.6 is 11.8 Å². The third kappa shape index (κ3) is 4.76. The summed E-state index contributed by atoms with van der Waals surface area (Å²) in [6.07, 6.45) is 0.686. The Bertz CT molecular complexity index is 997. The van der Waals surface area contributed by atoms with Crippen LogP contribution in [0.3, 0.4) is 0 Å². The Kier molecular flexibility index (Phi) is 6.31.